The number of hydrogen-bond donors (Lipinski definition) is 1. The number of rotatable bonds is 8. The molecule has 2 rings (SSSR count). The fourth-order valence-corrected chi connectivity index (χ4v) is 3.45. The third kappa shape index (κ3) is 6.12. The van der Waals surface area contributed by atoms with Crippen LogP contribution in [0.15, 0.2) is 47.4 Å². The van der Waals surface area contributed by atoms with Gasteiger partial charge in [0.2, 0.25) is 10.0 Å². The molecular weight excluding hydrogens is 403 g/mol. The third-order valence-electron chi connectivity index (χ3n) is 3.70. The van der Waals surface area contributed by atoms with E-state index in [1.807, 2.05) is 6.92 Å². The Morgan fingerprint density at radius 2 is 1.78 bits per heavy atom. The molecule has 0 radical (unpaired) electrons. The first-order valence-electron chi connectivity index (χ1n) is 8.21. The summed E-state index contributed by atoms with van der Waals surface area (Å²) in [5, 5.41) is -0.437. The van der Waals surface area contributed by atoms with E-state index in [9.17, 15) is 21.6 Å². The molecule has 0 bridgehead atoms. The molecule has 27 heavy (non-hydrogen) atoms. The van der Waals surface area contributed by atoms with E-state index in [2.05, 4.69) is 4.72 Å². The maximum atomic E-state index is 12.9. The molecule has 148 valence electrons. The van der Waals surface area contributed by atoms with Gasteiger partial charge in [-0.05, 0) is 48.4 Å². The van der Waals surface area contributed by atoms with Crippen LogP contribution in [0.2, 0.25) is 5.02 Å². The topological polar surface area (TPSA) is 55.4 Å². The first-order valence-corrected chi connectivity index (χ1v) is 10.1. The molecule has 0 aromatic heterocycles. The number of nitrogens with one attached hydrogen (secondary N) is 1. The van der Waals surface area contributed by atoms with Crippen molar-refractivity contribution >= 4 is 21.6 Å². The minimum atomic E-state index is -4.61. The smallest absolute Gasteiger partial charge is 0.417 e. The molecule has 2 aromatic carbocycles. The average Bonchev–Trinajstić information content (AvgIpc) is 2.61. The minimum Gasteiger partial charge on any atom is -0.494 e. The number of ether oxygens (including phenoxy) is 1. The fraction of sp³-hybridized carbons (Fsp3) is 0.333. The Balaban J connectivity index is 2.06. The maximum Gasteiger partial charge on any atom is 0.417 e. The van der Waals surface area contributed by atoms with Crippen molar-refractivity contribution in [2.75, 3.05) is 6.61 Å². The number of benzene rings is 2. The maximum absolute atomic E-state index is 12.9. The van der Waals surface area contributed by atoms with Crippen molar-refractivity contribution < 1.29 is 26.3 Å². The molecule has 0 saturated heterocycles. The van der Waals surface area contributed by atoms with Gasteiger partial charge in [0.15, 0.2) is 0 Å². The van der Waals surface area contributed by atoms with Gasteiger partial charge >= 0.3 is 6.18 Å². The summed E-state index contributed by atoms with van der Waals surface area (Å²) in [6, 6.07) is 9.10. The predicted molar refractivity (Wildman–Crippen MR) is 97.3 cm³/mol. The Morgan fingerprint density at radius 1 is 1.11 bits per heavy atom. The van der Waals surface area contributed by atoms with Gasteiger partial charge in [-0.3, -0.25) is 0 Å². The summed E-state index contributed by atoms with van der Waals surface area (Å²) in [6.45, 7) is 2.28. The molecule has 0 aliphatic rings. The zero-order valence-electron chi connectivity index (χ0n) is 14.5. The molecule has 0 fully saturated rings. The summed E-state index contributed by atoms with van der Waals surface area (Å²) in [6.07, 6.45) is -2.74. The second-order valence-corrected chi connectivity index (χ2v) is 7.98. The molecule has 0 aliphatic heterocycles. The second-order valence-electron chi connectivity index (χ2n) is 5.81. The molecular formula is C18H19ClF3NO3S. The number of sulfonamides is 1. The Hall–Kier alpha value is -1.77. The molecule has 0 spiro atoms. The van der Waals surface area contributed by atoms with E-state index in [0.29, 0.717) is 12.4 Å². The molecule has 0 amide bonds. The van der Waals surface area contributed by atoms with Gasteiger partial charge in [-0.25, -0.2) is 13.1 Å². The Morgan fingerprint density at radius 3 is 2.37 bits per heavy atom. The summed E-state index contributed by atoms with van der Waals surface area (Å²) >= 11 is 5.56. The van der Waals surface area contributed by atoms with Gasteiger partial charge in [0.05, 0.1) is 22.1 Å². The van der Waals surface area contributed by atoms with Gasteiger partial charge < -0.3 is 4.74 Å². The largest absolute Gasteiger partial charge is 0.494 e. The lowest BCUT2D eigenvalue weighted by molar-refractivity contribution is -0.137. The van der Waals surface area contributed by atoms with Crippen LogP contribution in [0.5, 0.6) is 5.75 Å². The molecule has 1 N–H and O–H groups in total. The normalized spacial score (nSPS) is 12.2. The van der Waals surface area contributed by atoms with E-state index in [1.165, 1.54) is 30.3 Å². The Kier molecular flexibility index (Phi) is 7.13. The van der Waals surface area contributed by atoms with Crippen molar-refractivity contribution in [3.63, 3.8) is 0 Å². The summed E-state index contributed by atoms with van der Waals surface area (Å²) in [7, 11) is -3.88. The molecule has 2 aromatic rings. The van der Waals surface area contributed by atoms with Crippen LogP contribution in [-0.2, 0) is 22.7 Å². The molecule has 0 unspecified atom stereocenters. The van der Waals surface area contributed by atoms with Crippen molar-refractivity contribution in [3.8, 4) is 5.75 Å². The summed E-state index contributed by atoms with van der Waals surface area (Å²) < 4.78 is 71.0. The number of halogens is 4. The van der Waals surface area contributed by atoms with Gasteiger partial charge in [0, 0.05) is 6.54 Å². The minimum absolute atomic E-state index is 0.00431. The highest BCUT2D eigenvalue weighted by atomic mass is 35.5. The summed E-state index contributed by atoms with van der Waals surface area (Å²) in [5.41, 5.74) is -0.857. The van der Waals surface area contributed by atoms with Gasteiger partial charge in [-0.1, -0.05) is 31.0 Å². The molecule has 9 heteroatoms. The van der Waals surface area contributed by atoms with Crippen molar-refractivity contribution in [1.82, 2.24) is 4.72 Å². The van der Waals surface area contributed by atoms with E-state index in [0.717, 1.165) is 25.0 Å². The molecule has 4 nitrogen and oxygen atoms in total. The van der Waals surface area contributed by atoms with Gasteiger partial charge in [-0.2, -0.15) is 13.2 Å². The number of alkyl halides is 3. The number of unbranched alkanes of at least 4 members (excludes halogenated alkanes) is 1. The van der Waals surface area contributed by atoms with Crippen molar-refractivity contribution in [2.24, 2.45) is 0 Å². The molecule has 0 saturated carbocycles. The lowest BCUT2D eigenvalue weighted by Gasteiger charge is -2.12. The SMILES string of the molecule is CCCCOc1ccc(S(=O)(=O)NCc2ccc(Cl)c(C(F)(F)F)c2)cc1. The highest BCUT2D eigenvalue weighted by molar-refractivity contribution is 7.89. The Labute approximate surface area is 161 Å². The van der Waals surface area contributed by atoms with E-state index >= 15 is 0 Å². The van der Waals surface area contributed by atoms with Crippen LogP contribution in [0.3, 0.4) is 0 Å². The Bertz CT molecular complexity index is 868. The average molecular weight is 422 g/mol. The number of hydrogen-bond acceptors (Lipinski definition) is 3. The van der Waals surface area contributed by atoms with Crippen molar-refractivity contribution in [3.05, 3.63) is 58.6 Å². The fourth-order valence-electron chi connectivity index (χ4n) is 2.21. The van der Waals surface area contributed by atoms with Crippen LogP contribution in [0, 0.1) is 0 Å². The standard InChI is InChI=1S/C18H19ClF3NO3S/c1-2-3-10-26-14-5-7-15(8-6-14)27(24,25)23-12-13-4-9-17(19)16(11-13)18(20,21)22/h4-9,11,23H,2-3,10,12H2,1H3. The first-order chi connectivity index (χ1) is 12.6. The van der Waals surface area contributed by atoms with E-state index in [-0.39, 0.29) is 17.0 Å². The van der Waals surface area contributed by atoms with Gasteiger partial charge in [-0.15, -0.1) is 0 Å². The predicted octanol–water partition coefficient (Wildman–Crippen LogP) is 5.02. The summed E-state index contributed by atoms with van der Waals surface area (Å²) in [5.74, 6) is 0.551. The van der Waals surface area contributed by atoms with Crippen LogP contribution < -0.4 is 9.46 Å². The van der Waals surface area contributed by atoms with Crippen LogP contribution in [0.1, 0.15) is 30.9 Å². The van der Waals surface area contributed by atoms with Crippen LogP contribution in [0.4, 0.5) is 13.2 Å². The third-order valence-corrected chi connectivity index (χ3v) is 5.45. The first kappa shape index (κ1) is 21.5. The lowest BCUT2D eigenvalue weighted by Crippen LogP contribution is -2.23. The molecule has 0 heterocycles. The second kappa shape index (κ2) is 8.95. The molecule has 0 aliphatic carbocycles. The quantitative estimate of drug-likeness (QED) is 0.609. The lowest BCUT2D eigenvalue weighted by atomic mass is 10.1. The van der Waals surface area contributed by atoms with Gasteiger partial charge in [0.1, 0.15) is 5.75 Å². The van der Waals surface area contributed by atoms with Crippen molar-refractivity contribution in [2.45, 2.75) is 37.4 Å². The highest BCUT2D eigenvalue weighted by Crippen LogP contribution is 2.35. The van der Waals surface area contributed by atoms with Crippen LogP contribution >= 0.6 is 11.6 Å². The van der Waals surface area contributed by atoms with E-state index in [1.54, 1.807) is 0 Å². The molecule has 0 atom stereocenters. The van der Waals surface area contributed by atoms with E-state index in [4.69, 9.17) is 16.3 Å². The van der Waals surface area contributed by atoms with Crippen molar-refractivity contribution in [1.29, 1.82) is 0 Å². The zero-order valence-corrected chi connectivity index (χ0v) is 16.1. The van der Waals surface area contributed by atoms with E-state index < -0.39 is 26.8 Å². The van der Waals surface area contributed by atoms with Crippen LogP contribution in [-0.4, -0.2) is 15.0 Å². The zero-order chi connectivity index (χ0) is 20.1. The van der Waals surface area contributed by atoms with Crippen LogP contribution in [0.25, 0.3) is 0 Å². The monoisotopic (exact) mass is 421 g/mol. The highest BCUT2D eigenvalue weighted by Gasteiger charge is 2.33. The van der Waals surface area contributed by atoms with Gasteiger partial charge in [0.25, 0.3) is 0 Å². The summed E-state index contributed by atoms with van der Waals surface area (Å²) in [4.78, 5) is -0.00431.